The summed E-state index contributed by atoms with van der Waals surface area (Å²) in [5.41, 5.74) is 0.0977. The number of hydrogen-bond donors (Lipinski definition) is 2. The molecule has 11 heteroatoms. The Labute approximate surface area is 152 Å². The zero-order valence-corrected chi connectivity index (χ0v) is 14.7. The molecule has 142 valence electrons. The third-order valence-corrected chi connectivity index (χ3v) is 4.23. The van der Waals surface area contributed by atoms with Gasteiger partial charge in [-0.3, -0.25) is 0 Å². The molecule has 0 saturated carbocycles. The van der Waals surface area contributed by atoms with Crippen molar-refractivity contribution in [1.82, 2.24) is 10.6 Å². The molecule has 1 atom stereocenters. The number of esters is 1. The van der Waals surface area contributed by atoms with Gasteiger partial charge in [-0.15, -0.1) is 0 Å². The number of allylic oxidation sites excluding steroid dienone is 1. The number of rotatable bonds is 4. The van der Waals surface area contributed by atoms with Crippen LogP contribution < -0.4 is 10.6 Å². The number of carbonyl (C=O) groups excluding carboxylic acids is 2. The van der Waals surface area contributed by atoms with Gasteiger partial charge in [-0.25, -0.2) is 9.59 Å². The summed E-state index contributed by atoms with van der Waals surface area (Å²) in [6.45, 7) is -0.857. The number of amides is 2. The molecule has 0 unspecified atom stereocenters. The Hall–Kier alpha value is -2.17. The number of carbonyl (C=O) groups is 2. The lowest BCUT2D eigenvalue weighted by Gasteiger charge is -2.29. The van der Waals surface area contributed by atoms with Crippen LogP contribution in [0.25, 0.3) is 0 Å². The third-order valence-electron chi connectivity index (χ3n) is 3.50. The third kappa shape index (κ3) is 4.14. The molecular weight excluding hydrogens is 431 g/mol. The second-order valence-corrected chi connectivity index (χ2v) is 6.22. The van der Waals surface area contributed by atoms with Crippen LogP contribution in [0.5, 0.6) is 0 Å². The molecule has 2 rings (SSSR count). The first kappa shape index (κ1) is 20.1. The van der Waals surface area contributed by atoms with Crippen molar-refractivity contribution in [2.75, 3.05) is 6.61 Å². The summed E-state index contributed by atoms with van der Waals surface area (Å²) in [5, 5.41) is 4.67. The number of alkyl halides is 5. The predicted molar refractivity (Wildman–Crippen MR) is 83.2 cm³/mol. The van der Waals surface area contributed by atoms with E-state index in [0.717, 1.165) is 0 Å². The fraction of sp³-hybridized carbons (Fsp3) is 0.333. The molecule has 0 fully saturated rings. The highest BCUT2D eigenvalue weighted by Gasteiger charge is 2.58. The van der Waals surface area contributed by atoms with Crippen LogP contribution in [0.2, 0.25) is 0 Å². The van der Waals surface area contributed by atoms with Gasteiger partial charge in [-0.2, -0.15) is 22.0 Å². The average Bonchev–Trinajstić information content (AvgIpc) is 2.51. The molecule has 0 aromatic heterocycles. The Morgan fingerprint density at radius 3 is 2.42 bits per heavy atom. The molecule has 1 aliphatic rings. The number of benzene rings is 1. The first-order chi connectivity index (χ1) is 11.9. The summed E-state index contributed by atoms with van der Waals surface area (Å²) < 4.78 is 67.3. The van der Waals surface area contributed by atoms with Crippen LogP contribution in [-0.4, -0.2) is 30.7 Å². The van der Waals surface area contributed by atoms with Crippen molar-refractivity contribution in [1.29, 1.82) is 0 Å². The topological polar surface area (TPSA) is 67.4 Å². The summed E-state index contributed by atoms with van der Waals surface area (Å²) in [6.07, 6.45) is -5.85. The summed E-state index contributed by atoms with van der Waals surface area (Å²) >= 11 is 3.23. The first-order valence-electron chi connectivity index (χ1n) is 7.08. The Balaban J connectivity index is 2.31. The summed E-state index contributed by atoms with van der Waals surface area (Å²) in [4.78, 5) is 23.9. The van der Waals surface area contributed by atoms with E-state index in [0.29, 0.717) is 10.0 Å². The maximum absolute atomic E-state index is 13.0. The van der Waals surface area contributed by atoms with Gasteiger partial charge in [0, 0.05) is 10.2 Å². The van der Waals surface area contributed by atoms with Gasteiger partial charge in [0.05, 0.1) is 11.6 Å². The standard InChI is InChI=1S/C15H12BrF5N2O3/c1-7-10(12(24)26-6-14(17,18)15(19,20)21)11(23-13(25)22-7)8-4-2-3-5-9(8)16/h2-5,11H,6H2,1H3,(H2,22,23,25)/t11-/m1/s1. The van der Waals surface area contributed by atoms with Crippen LogP contribution >= 0.6 is 15.9 Å². The van der Waals surface area contributed by atoms with Crippen molar-refractivity contribution >= 4 is 27.9 Å². The van der Waals surface area contributed by atoms with E-state index >= 15 is 0 Å². The SMILES string of the molecule is CC1=C(C(=O)OCC(F)(F)C(F)(F)F)[C@@H](c2ccccc2Br)NC(=O)N1. The van der Waals surface area contributed by atoms with E-state index < -0.39 is 36.7 Å². The monoisotopic (exact) mass is 442 g/mol. The quantitative estimate of drug-likeness (QED) is 0.550. The van der Waals surface area contributed by atoms with Gasteiger partial charge in [0.1, 0.15) is 0 Å². The molecule has 0 radical (unpaired) electrons. The van der Waals surface area contributed by atoms with Gasteiger partial charge in [0.25, 0.3) is 0 Å². The molecular formula is C15H12BrF5N2O3. The molecule has 1 heterocycles. The van der Waals surface area contributed by atoms with E-state index in [9.17, 15) is 31.5 Å². The van der Waals surface area contributed by atoms with E-state index in [2.05, 4.69) is 31.3 Å². The number of hydrogen-bond acceptors (Lipinski definition) is 3. The van der Waals surface area contributed by atoms with Crippen LogP contribution in [0.4, 0.5) is 26.7 Å². The second-order valence-electron chi connectivity index (χ2n) is 5.37. The number of urea groups is 1. The second kappa shape index (κ2) is 7.22. The molecule has 2 amide bonds. The van der Waals surface area contributed by atoms with Crippen molar-refractivity contribution < 1.29 is 36.3 Å². The maximum atomic E-state index is 13.0. The van der Waals surface area contributed by atoms with Gasteiger partial charge in [0.15, 0.2) is 6.61 Å². The summed E-state index contributed by atoms with van der Waals surface area (Å²) in [5.74, 6) is -6.59. The van der Waals surface area contributed by atoms with Crippen molar-refractivity contribution in [3.8, 4) is 0 Å². The smallest absolute Gasteiger partial charge is 0.455 e. The minimum absolute atomic E-state index is 0.0187. The molecule has 0 bridgehead atoms. The highest BCUT2D eigenvalue weighted by molar-refractivity contribution is 9.10. The molecule has 1 aliphatic heterocycles. The lowest BCUT2D eigenvalue weighted by Crippen LogP contribution is -2.46. The summed E-state index contributed by atoms with van der Waals surface area (Å²) in [6, 6.07) is 4.66. The Kier molecular flexibility index (Phi) is 5.59. The largest absolute Gasteiger partial charge is 0.456 e. The van der Waals surface area contributed by atoms with Crippen LogP contribution in [0.15, 0.2) is 40.0 Å². The molecule has 26 heavy (non-hydrogen) atoms. The van der Waals surface area contributed by atoms with Gasteiger partial charge >= 0.3 is 24.1 Å². The van der Waals surface area contributed by atoms with Crippen molar-refractivity contribution in [3.63, 3.8) is 0 Å². The maximum Gasteiger partial charge on any atom is 0.456 e. The zero-order chi connectivity index (χ0) is 19.7. The van der Waals surface area contributed by atoms with E-state index in [4.69, 9.17) is 0 Å². The van der Waals surface area contributed by atoms with Gasteiger partial charge in [0.2, 0.25) is 0 Å². The van der Waals surface area contributed by atoms with Crippen molar-refractivity contribution in [2.45, 2.75) is 25.1 Å². The van der Waals surface area contributed by atoms with E-state index in [1.807, 2.05) is 0 Å². The van der Waals surface area contributed by atoms with Gasteiger partial charge in [-0.1, -0.05) is 34.1 Å². The Morgan fingerprint density at radius 2 is 1.85 bits per heavy atom. The summed E-state index contributed by atoms with van der Waals surface area (Å²) in [7, 11) is 0. The molecule has 1 aromatic carbocycles. The Morgan fingerprint density at radius 1 is 1.23 bits per heavy atom. The highest BCUT2D eigenvalue weighted by atomic mass is 79.9. The van der Waals surface area contributed by atoms with E-state index in [-0.39, 0.29) is 11.3 Å². The highest BCUT2D eigenvalue weighted by Crippen LogP contribution is 2.37. The van der Waals surface area contributed by atoms with E-state index in [1.165, 1.54) is 6.92 Å². The molecule has 0 saturated heterocycles. The van der Waals surface area contributed by atoms with Gasteiger partial charge in [-0.05, 0) is 18.6 Å². The number of ether oxygens (including phenoxy) is 1. The molecule has 2 N–H and O–H groups in total. The zero-order valence-electron chi connectivity index (χ0n) is 13.1. The molecule has 0 spiro atoms. The minimum atomic E-state index is -5.85. The molecule has 5 nitrogen and oxygen atoms in total. The predicted octanol–water partition coefficient (Wildman–Crippen LogP) is 3.82. The van der Waals surface area contributed by atoms with E-state index in [1.54, 1.807) is 24.3 Å². The van der Waals surface area contributed by atoms with Crippen molar-refractivity contribution in [3.05, 3.63) is 45.6 Å². The Bertz CT molecular complexity index is 764. The van der Waals surface area contributed by atoms with Crippen molar-refractivity contribution in [2.24, 2.45) is 0 Å². The normalized spacial score (nSPS) is 18.3. The van der Waals surface area contributed by atoms with Gasteiger partial charge < -0.3 is 15.4 Å². The average molecular weight is 443 g/mol. The fourth-order valence-corrected chi connectivity index (χ4v) is 2.74. The van der Waals surface area contributed by atoms with Crippen LogP contribution in [-0.2, 0) is 9.53 Å². The van der Waals surface area contributed by atoms with Crippen LogP contribution in [0.3, 0.4) is 0 Å². The van der Waals surface area contributed by atoms with Crippen LogP contribution in [0, 0.1) is 0 Å². The molecule has 0 aliphatic carbocycles. The minimum Gasteiger partial charge on any atom is -0.455 e. The first-order valence-corrected chi connectivity index (χ1v) is 7.87. The fourth-order valence-electron chi connectivity index (χ4n) is 2.22. The number of halogens is 6. The molecule has 1 aromatic rings. The lowest BCUT2D eigenvalue weighted by atomic mass is 9.95. The number of nitrogens with one attached hydrogen (secondary N) is 2. The van der Waals surface area contributed by atoms with Crippen LogP contribution in [0.1, 0.15) is 18.5 Å². The lowest BCUT2D eigenvalue weighted by molar-refractivity contribution is -0.293.